The number of allylic oxidation sites excluding steroid dienone is 5. The third kappa shape index (κ3) is 3.26. The van der Waals surface area contributed by atoms with Gasteiger partial charge in [0.2, 0.25) is 5.78 Å². The van der Waals surface area contributed by atoms with E-state index in [0.717, 1.165) is 6.42 Å². The quantitative estimate of drug-likeness (QED) is 0.425. The third-order valence-corrected chi connectivity index (χ3v) is 2.83. The highest BCUT2D eigenvalue weighted by atomic mass is 16.7. The van der Waals surface area contributed by atoms with Crippen LogP contribution in [-0.2, 0) is 19.1 Å². The van der Waals surface area contributed by atoms with Crippen LogP contribution in [-0.4, -0.2) is 24.3 Å². The average Bonchev–Trinajstić information content (AvgIpc) is 2.68. The molecule has 0 aromatic carbocycles. The first-order chi connectivity index (χ1) is 9.50. The van der Waals surface area contributed by atoms with Crippen molar-refractivity contribution in [3.63, 3.8) is 0 Å². The van der Waals surface area contributed by atoms with Crippen LogP contribution in [0.3, 0.4) is 0 Å². The Bertz CT molecular complexity index is 509. The van der Waals surface area contributed by atoms with E-state index in [-0.39, 0.29) is 11.5 Å². The van der Waals surface area contributed by atoms with E-state index >= 15 is 0 Å². The first-order valence-corrected chi connectivity index (χ1v) is 6.53. The monoisotopic (exact) mass is 276 g/mol. The van der Waals surface area contributed by atoms with Crippen LogP contribution >= 0.6 is 0 Å². The molecule has 0 spiro atoms. The van der Waals surface area contributed by atoms with Crippen LogP contribution in [0.1, 0.15) is 27.2 Å². The summed E-state index contributed by atoms with van der Waals surface area (Å²) in [6, 6.07) is 0. The number of carbonyl (C=O) groups is 2. The number of carbonyl (C=O) groups excluding carboxylic acids is 2. The van der Waals surface area contributed by atoms with Crippen molar-refractivity contribution in [3.8, 4) is 0 Å². The number of Topliss-reactive ketones (excluding diaryl/α,β-unsaturated/α-hetero) is 1. The van der Waals surface area contributed by atoms with E-state index in [4.69, 9.17) is 9.47 Å². The summed E-state index contributed by atoms with van der Waals surface area (Å²) in [5.41, 5.74) is -1.24. The van der Waals surface area contributed by atoms with Gasteiger partial charge in [0.25, 0.3) is 5.95 Å². The van der Waals surface area contributed by atoms with Crippen molar-refractivity contribution in [2.24, 2.45) is 0 Å². The highest BCUT2D eigenvalue weighted by Gasteiger charge is 2.47. The van der Waals surface area contributed by atoms with E-state index in [1.165, 1.54) is 13.2 Å². The Kier molecular flexibility index (Phi) is 5.50. The molecule has 0 saturated carbocycles. The number of hydrogen-bond donors (Lipinski definition) is 0. The van der Waals surface area contributed by atoms with Crippen LogP contribution in [0.5, 0.6) is 0 Å². The van der Waals surface area contributed by atoms with Gasteiger partial charge in [0.1, 0.15) is 5.57 Å². The molecule has 0 amide bonds. The van der Waals surface area contributed by atoms with Gasteiger partial charge in [-0.3, -0.25) is 9.59 Å². The molecule has 0 bridgehead atoms. The predicted molar refractivity (Wildman–Crippen MR) is 76.9 cm³/mol. The molecule has 1 unspecified atom stereocenters. The maximum Gasteiger partial charge on any atom is 0.295 e. The second-order valence-corrected chi connectivity index (χ2v) is 4.46. The second kappa shape index (κ2) is 6.89. The SMILES string of the molecule is C/C=C/C(=O)C1=C(OC)OC(C)(/C=C/C=C/CC)C1=O. The maximum absolute atomic E-state index is 12.4. The Morgan fingerprint density at radius 1 is 1.40 bits per heavy atom. The molecule has 1 aliphatic heterocycles. The van der Waals surface area contributed by atoms with Crippen molar-refractivity contribution in [1.29, 1.82) is 0 Å². The van der Waals surface area contributed by atoms with E-state index in [1.54, 1.807) is 32.1 Å². The number of hydrogen-bond acceptors (Lipinski definition) is 4. The van der Waals surface area contributed by atoms with Crippen molar-refractivity contribution in [3.05, 3.63) is 48.0 Å². The van der Waals surface area contributed by atoms with Gasteiger partial charge in [0.15, 0.2) is 11.4 Å². The summed E-state index contributed by atoms with van der Waals surface area (Å²) in [7, 11) is 1.37. The largest absolute Gasteiger partial charge is 0.468 e. The normalized spacial score (nSPS) is 23.3. The molecular formula is C16H20O4. The Hall–Kier alpha value is -2.10. The lowest BCUT2D eigenvalue weighted by molar-refractivity contribution is -0.128. The molecule has 0 aliphatic carbocycles. The van der Waals surface area contributed by atoms with Gasteiger partial charge in [0, 0.05) is 0 Å². The molecule has 108 valence electrons. The highest BCUT2D eigenvalue weighted by molar-refractivity contribution is 6.28. The molecule has 0 aromatic rings. The van der Waals surface area contributed by atoms with Crippen LogP contribution in [0.15, 0.2) is 48.0 Å². The summed E-state index contributed by atoms with van der Waals surface area (Å²) in [4.78, 5) is 24.3. The standard InChI is InChI=1S/C16H20O4/c1-5-7-8-9-11-16(3)14(18)13(12(17)10-6-2)15(19-4)20-16/h6-11H,5H2,1-4H3/b8-7+,10-6+,11-9+. The Balaban J connectivity index is 3.04. The summed E-state index contributed by atoms with van der Waals surface area (Å²) < 4.78 is 10.5. The number of ketones is 2. The molecule has 0 fully saturated rings. The molecule has 1 rings (SSSR count). The van der Waals surface area contributed by atoms with Crippen LogP contribution < -0.4 is 0 Å². The van der Waals surface area contributed by atoms with Gasteiger partial charge in [-0.15, -0.1) is 0 Å². The van der Waals surface area contributed by atoms with E-state index in [2.05, 4.69) is 0 Å². The van der Waals surface area contributed by atoms with Gasteiger partial charge >= 0.3 is 0 Å². The zero-order valence-electron chi connectivity index (χ0n) is 12.3. The summed E-state index contributed by atoms with van der Waals surface area (Å²) >= 11 is 0. The molecule has 4 nitrogen and oxygen atoms in total. The zero-order valence-corrected chi connectivity index (χ0v) is 12.3. The predicted octanol–water partition coefficient (Wildman–Crippen LogP) is 2.87. The average molecular weight is 276 g/mol. The number of methoxy groups -OCH3 is 1. The fourth-order valence-electron chi connectivity index (χ4n) is 1.79. The minimum atomic E-state index is -1.20. The minimum absolute atomic E-state index is 0.0234. The van der Waals surface area contributed by atoms with Gasteiger partial charge in [-0.2, -0.15) is 0 Å². The van der Waals surface area contributed by atoms with Crippen LogP contribution in [0.4, 0.5) is 0 Å². The van der Waals surface area contributed by atoms with E-state index in [9.17, 15) is 9.59 Å². The highest BCUT2D eigenvalue weighted by Crippen LogP contribution is 2.32. The molecule has 0 saturated heterocycles. The molecule has 1 heterocycles. The number of ether oxygens (including phenoxy) is 2. The fraction of sp³-hybridized carbons (Fsp3) is 0.375. The molecule has 4 heteroatoms. The maximum atomic E-state index is 12.4. The molecule has 1 aliphatic rings. The van der Waals surface area contributed by atoms with Crippen molar-refractivity contribution >= 4 is 11.6 Å². The summed E-state index contributed by atoms with van der Waals surface area (Å²) in [5.74, 6) is -0.820. The minimum Gasteiger partial charge on any atom is -0.468 e. The Labute approximate surface area is 119 Å². The summed E-state index contributed by atoms with van der Waals surface area (Å²) in [6.07, 6.45) is 10.9. The Morgan fingerprint density at radius 2 is 2.10 bits per heavy atom. The van der Waals surface area contributed by atoms with Crippen molar-refractivity contribution in [2.75, 3.05) is 7.11 Å². The molecule has 0 aromatic heterocycles. The van der Waals surface area contributed by atoms with Gasteiger partial charge in [-0.1, -0.05) is 31.2 Å². The number of rotatable bonds is 6. The van der Waals surface area contributed by atoms with Crippen molar-refractivity contribution < 1.29 is 19.1 Å². The summed E-state index contributed by atoms with van der Waals surface area (Å²) in [5, 5.41) is 0. The van der Waals surface area contributed by atoms with Gasteiger partial charge in [0.05, 0.1) is 7.11 Å². The Morgan fingerprint density at radius 3 is 2.65 bits per heavy atom. The third-order valence-electron chi connectivity index (χ3n) is 2.83. The fourth-order valence-corrected chi connectivity index (χ4v) is 1.79. The van der Waals surface area contributed by atoms with E-state index in [0.29, 0.717) is 0 Å². The molecule has 20 heavy (non-hydrogen) atoms. The first-order valence-electron chi connectivity index (χ1n) is 6.53. The zero-order chi connectivity index (χ0) is 15.2. The lowest BCUT2D eigenvalue weighted by atomic mass is 9.94. The summed E-state index contributed by atoms with van der Waals surface area (Å²) in [6.45, 7) is 5.34. The van der Waals surface area contributed by atoms with Crippen LogP contribution in [0.2, 0.25) is 0 Å². The molecular weight excluding hydrogens is 256 g/mol. The topological polar surface area (TPSA) is 52.6 Å². The lowest BCUT2D eigenvalue weighted by Crippen LogP contribution is -2.32. The van der Waals surface area contributed by atoms with Gasteiger partial charge in [-0.25, -0.2) is 0 Å². The second-order valence-electron chi connectivity index (χ2n) is 4.46. The van der Waals surface area contributed by atoms with Crippen LogP contribution in [0.25, 0.3) is 0 Å². The van der Waals surface area contributed by atoms with E-state index < -0.39 is 17.2 Å². The van der Waals surface area contributed by atoms with Crippen LogP contribution in [0, 0.1) is 0 Å². The van der Waals surface area contributed by atoms with Gasteiger partial charge < -0.3 is 9.47 Å². The smallest absolute Gasteiger partial charge is 0.295 e. The molecule has 0 radical (unpaired) electrons. The first kappa shape index (κ1) is 16.0. The molecule has 1 atom stereocenters. The molecule has 0 N–H and O–H groups in total. The lowest BCUT2D eigenvalue weighted by Gasteiger charge is -2.18. The van der Waals surface area contributed by atoms with E-state index in [1.807, 2.05) is 19.1 Å². The van der Waals surface area contributed by atoms with Crippen molar-refractivity contribution in [2.45, 2.75) is 32.8 Å². The van der Waals surface area contributed by atoms with Gasteiger partial charge in [-0.05, 0) is 32.4 Å². The van der Waals surface area contributed by atoms with Crippen molar-refractivity contribution in [1.82, 2.24) is 0 Å².